The van der Waals surface area contributed by atoms with Crippen LogP contribution in [0.3, 0.4) is 0 Å². The highest BCUT2D eigenvalue weighted by molar-refractivity contribution is 7.92. The highest BCUT2D eigenvalue weighted by Gasteiger charge is 2.34. The van der Waals surface area contributed by atoms with Gasteiger partial charge in [-0.2, -0.15) is 0 Å². The molecule has 224 valence electrons. The van der Waals surface area contributed by atoms with Crippen molar-refractivity contribution < 1.29 is 32.2 Å². The van der Waals surface area contributed by atoms with E-state index < -0.39 is 34.1 Å². The Morgan fingerprint density at radius 3 is 2.31 bits per heavy atom. The largest absolute Gasteiger partial charge is 0.497 e. The summed E-state index contributed by atoms with van der Waals surface area (Å²) in [5.74, 6) is 0.563. The summed E-state index contributed by atoms with van der Waals surface area (Å²) >= 11 is 0. The molecule has 0 radical (unpaired) electrons. The third-order valence-corrected chi connectivity index (χ3v) is 7.72. The van der Waals surface area contributed by atoms with Crippen molar-refractivity contribution >= 4 is 27.5 Å². The van der Waals surface area contributed by atoms with E-state index in [1.165, 1.54) is 11.0 Å². The number of ether oxygens (including phenoxy) is 3. The number of hydrogen-bond donors (Lipinski definition) is 1. The van der Waals surface area contributed by atoms with Crippen LogP contribution in [-0.2, 0) is 32.6 Å². The van der Waals surface area contributed by atoms with Gasteiger partial charge in [0, 0.05) is 24.6 Å². The molecule has 1 N–H and O–H groups in total. The molecule has 0 saturated heterocycles. The lowest BCUT2D eigenvalue weighted by molar-refractivity contribution is -0.140. The lowest BCUT2D eigenvalue weighted by atomic mass is 10.0. The molecular formula is C31H37N3O7S. The van der Waals surface area contributed by atoms with Crippen LogP contribution < -0.4 is 23.8 Å². The van der Waals surface area contributed by atoms with Crippen LogP contribution in [0.25, 0.3) is 0 Å². The lowest BCUT2D eigenvalue weighted by Gasteiger charge is -2.35. The third-order valence-electron chi connectivity index (χ3n) is 6.58. The van der Waals surface area contributed by atoms with Crippen molar-refractivity contribution in [2.75, 3.05) is 31.0 Å². The standard InChI is InChI=1S/C31H37N3O7S/c1-31(2,3)32-30(36)26(17-22-10-7-6-8-11-22)33(19-23-12-9-13-25(16-23)39-4)29(35)20-34(42(5,37)38)24-14-15-27-28(18-24)41-21-40-27/h6-16,18,26H,17,19-21H2,1-5H3,(H,32,36)/t26-/m0/s1. The van der Waals surface area contributed by atoms with Crippen molar-refractivity contribution in [2.24, 2.45) is 0 Å². The van der Waals surface area contributed by atoms with Gasteiger partial charge in [0.1, 0.15) is 18.3 Å². The fraction of sp³-hybridized carbons (Fsp3) is 0.355. The number of carbonyl (C=O) groups is 2. The van der Waals surface area contributed by atoms with E-state index >= 15 is 0 Å². The van der Waals surface area contributed by atoms with Crippen molar-refractivity contribution in [2.45, 2.75) is 45.3 Å². The Balaban J connectivity index is 1.75. The van der Waals surface area contributed by atoms with Crippen molar-refractivity contribution in [3.63, 3.8) is 0 Å². The minimum atomic E-state index is -3.91. The van der Waals surface area contributed by atoms with Crippen LogP contribution in [0.5, 0.6) is 17.2 Å². The van der Waals surface area contributed by atoms with Gasteiger partial charge in [0.2, 0.25) is 28.6 Å². The smallest absolute Gasteiger partial charge is 0.244 e. The monoisotopic (exact) mass is 595 g/mol. The fourth-order valence-corrected chi connectivity index (χ4v) is 5.47. The van der Waals surface area contributed by atoms with Gasteiger partial charge in [-0.25, -0.2) is 8.42 Å². The highest BCUT2D eigenvalue weighted by Crippen LogP contribution is 2.36. The van der Waals surface area contributed by atoms with Crippen molar-refractivity contribution in [3.8, 4) is 17.2 Å². The number of carbonyl (C=O) groups excluding carboxylic acids is 2. The zero-order chi connectivity index (χ0) is 30.5. The molecular weight excluding hydrogens is 558 g/mol. The quantitative estimate of drug-likeness (QED) is 0.359. The molecule has 0 saturated carbocycles. The molecule has 3 aromatic rings. The fourth-order valence-electron chi connectivity index (χ4n) is 4.63. The van der Waals surface area contributed by atoms with E-state index in [1.807, 2.05) is 57.2 Å². The molecule has 1 heterocycles. The van der Waals surface area contributed by atoms with Crippen LogP contribution in [-0.4, -0.2) is 63.4 Å². The molecule has 0 aliphatic carbocycles. The van der Waals surface area contributed by atoms with Gasteiger partial charge in [-0.3, -0.25) is 13.9 Å². The van der Waals surface area contributed by atoms with E-state index in [-0.39, 0.29) is 31.4 Å². The van der Waals surface area contributed by atoms with Crippen LogP contribution in [0.2, 0.25) is 0 Å². The molecule has 1 aliphatic rings. The third kappa shape index (κ3) is 7.94. The number of hydrogen-bond acceptors (Lipinski definition) is 7. The van der Waals surface area contributed by atoms with Crippen molar-refractivity contribution in [1.29, 1.82) is 0 Å². The van der Waals surface area contributed by atoms with Gasteiger partial charge in [0.15, 0.2) is 11.5 Å². The Labute approximate surface area is 247 Å². The molecule has 0 spiro atoms. The molecule has 0 unspecified atom stereocenters. The van der Waals surface area contributed by atoms with Crippen LogP contribution >= 0.6 is 0 Å². The highest BCUT2D eigenvalue weighted by atomic mass is 32.2. The average Bonchev–Trinajstić information content (AvgIpc) is 3.40. The van der Waals surface area contributed by atoms with E-state index in [9.17, 15) is 18.0 Å². The second-order valence-corrected chi connectivity index (χ2v) is 13.0. The molecule has 0 aromatic heterocycles. The molecule has 1 aliphatic heterocycles. The Bertz CT molecular complexity index is 1520. The molecule has 3 aromatic carbocycles. The van der Waals surface area contributed by atoms with Crippen LogP contribution in [0.4, 0.5) is 5.69 Å². The first-order valence-electron chi connectivity index (χ1n) is 13.5. The minimum absolute atomic E-state index is 0.0228. The predicted molar refractivity (Wildman–Crippen MR) is 160 cm³/mol. The van der Waals surface area contributed by atoms with Gasteiger partial charge in [0.05, 0.1) is 19.1 Å². The summed E-state index contributed by atoms with van der Waals surface area (Å²) in [5.41, 5.74) is 1.25. The molecule has 2 amide bonds. The number of benzene rings is 3. The minimum Gasteiger partial charge on any atom is -0.497 e. The number of nitrogens with one attached hydrogen (secondary N) is 1. The van der Waals surface area contributed by atoms with E-state index in [0.29, 0.717) is 17.2 Å². The van der Waals surface area contributed by atoms with Gasteiger partial charge in [-0.15, -0.1) is 0 Å². The Morgan fingerprint density at radius 1 is 0.952 bits per heavy atom. The summed E-state index contributed by atoms with van der Waals surface area (Å²) < 4.78 is 43.2. The van der Waals surface area contributed by atoms with E-state index in [0.717, 1.165) is 21.7 Å². The second-order valence-electron chi connectivity index (χ2n) is 11.1. The summed E-state index contributed by atoms with van der Waals surface area (Å²) in [5, 5.41) is 3.01. The first-order chi connectivity index (χ1) is 19.8. The number of sulfonamides is 1. The maximum absolute atomic E-state index is 14.2. The molecule has 4 rings (SSSR count). The Kier molecular flexibility index (Phi) is 9.30. The summed E-state index contributed by atoms with van der Waals surface area (Å²) in [6, 6.07) is 20.3. The molecule has 0 bridgehead atoms. The number of fused-ring (bicyclic) bond motifs is 1. The van der Waals surface area contributed by atoms with Gasteiger partial charge < -0.3 is 24.4 Å². The van der Waals surface area contributed by atoms with E-state index in [2.05, 4.69) is 5.32 Å². The first-order valence-corrected chi connectivity index (χ1v) is 15.3. The van der Waals surface area contributed by atoms with Gasteiger partial charge >= 0.3 is 0 Å². The normalized spacial score (nSPS) is 13.3. The summed E-state index contributed by atoms with van der Waals surface area (Å²) in [6.45, 7) is 5.13. The average molecular weight is 596 g/mol. The maximum Gasteiger partial charge on any atom is 0.244 e. The number of rotatable bonds is 11. The number of methoxy groups -OCH3 is 1. The van der Waals surface area contributed by atoms with Gasteiger partial charge in [0.25, 0.3) is 0 Å². The van der Waals surface area contributed by atoms with Crippen LogP contribution in [0.1, 0.15) is 31.9 Å². The Hall–Kier alpha value is -4.25. The van der Waals surface area contributed by atoms with Gasteiger partial charge in [-0.05, 0) is 56.2 Å². The Morgan fingerprint density at radius 2 is 1.64 bits per heavy atom. The van der Waals surface area contributed by atoms with Crippen molar-refractivity contribution in [3.05, 3.63) is 83.9 Å². The van der Waals surface area contributed by atoms with Crippen molar-refractivity contribution in [1.82, 2.24) is 10.2 Å². The molecule has 1 atom stereocenters. The number of anilines is 1. The lowest BCUT2D eigenvalue weighted by Crippen LogP contribution is -2.56. The van der Waals surface area contributed by atoms with Gasteiger partial charge in [-0.1, -0.05) is 42.5 Å². The summed E-state index contributed by atoms with van der Waals surface area (Å²) in [4.78, 5) is 29.5. The zero-order valence-electron chi connectivity index (χ0n) is 24.5. The van der Waals surface area contributed by atoms with E-state index in [1.54, 1.807) is 37.4 Å². The first kappa shape index (κ1) is 30.7. The number of nitrogens with zero attached hydrogens (tertiary/aromatic N) is 2. The molecule has 10 nitrogen and oxygen atoms in total. The topological polar surface area (TPSA) is 114 Å². The SMILES string of the molecule is COc1cccc(CN(C(=O)CN(c2ccc3c(c2)OCO3)S(C)(=O)=O)[C@@H](Cc2ccccc2)C(=O)NC(C)(C)C)c1. The summed E-state index contributed by atoms with van der Waals surface area (Å²) in [7, 11) is -2.36. The number of amides is 2. The maximum atomic E-state index is 14.2. The molecule has 11 heteroatoms. The molecule has 0 fully saturated rings. The van der Waals surface area contributed by atoms with E-state index in [4.69, 9.17) is 14.2 Å². The second kappa shape index (κ2) is 12.7. The summed E-state index contributed by atoms with van der Waals surface area (Å²) in [6.07, 6.45) is 1.26. The predicted octanol–water partition coefficient (Wildman–Crippen LogP) is 3.74. The van der Waals surface area contributed by atoms with Crippen LogP contribution in [0, 0.1) is 0 Å². The zero-order valence-corrected chi connectivity index (χ0v) is 25.3. The molecule has 42 heavy (non-hydrogen) atoms. The van der Waals surface area contributed by atoms with Crippen LogP contribution in [0.15, 0.2) is 72.8 Å².